The first-order valence-electron chi connectivity index (χ1n) is 20.2. The van der Waals surface area contributed by atoms with Crippen LogP contribution in [0.4, 0.5) is 0 Å². The van der Waals surface area contributed by atoms with E-state index in [2.05, 4.69) is 177 Å². The third-order valence-corrected chi connectivity index (χ3v) is 13.0. The molecule has 0 N–H and O–H groups in total. The Balaban J connectivity index is 0.994. The maximum Gasteiger partial charge on any atom is 0.156 e. The van der Waals surface area contributed by atoms with Crippen molar-refractivity contribution in [2.24, 2.45) is 5.92 Å². The summed E-state index contributed by atoms with van der Waals surface area (Å²) in [4.78, 5) is 15.8. The molecule has 2 aliphatic rings. The molecule has 1 unspecified atom stereocenters. The van der Waals surface area contributed by atoms with Crippen molar-refractivity contribution < 1.29 is 0 Å². The summed E-state index contributed by atoms with van der Waals surface area (Å²) < 4.78 is 2.64. The van der Waals surface area contributed by atoms with Crippen molar-refractivity contribution in [3.63, 3.8) is 0 Å². The molecule has 0 saturated carbocycles. The highest BCUT2D eigenvalue weighted by Crippen LogP contribution is 2.40. The molecular formula is C54H39N3S. The molecular weight excluding hydrogens is 723 g/mol. The van der Waals surface area contributed by atoms with E-state index in [9.17, 15) is 0 Å². The van der Waals surface area contributed by atoms with Crippen molar-refractivity contribution in [2.45, 2.75) is 26.2 Å². The van der Waals surface area contributed by atoms with Crippen LogP contribution in [0, 0.1) is 5.92 Å². The molecule has 3 aromatic heterocycles. The highest BCUT2D eigenvalue weighted by Gasteiger charge is 2.23. The van der Waals surface area contributed by atoms with E-state index in [1.807, 2.05) is 17.4 Å². The van der Waals surface area contributed by atoms with Crippen LogP contribution in [0.15, 0.2) is 164 Å². The zero-order chi connectivity index (χ0) is 38.6. The summed E-state index contributed by atoms with van der Waals surface area (Å²) >= 11 is 1.90. The van der Waals surface area contributed by atoms with Crippen molar-refractivity contribution in [2.75, 3.05) is 0 Å². The van der Waals surface area contributed by atoms with Crippen molar-refractivity contribution in [3.8, 4) is 44.9 Å². The topological polar surface area (TPSA) is 38.7 Å². The Morgan fingerprint density at radius 1 is 0.534 bits per heavy atom. The Kier molecular flexibility index (Phi) is 8.52. The van der Waals surface area contributed by atoms with Gasteiger partial charge < -0.3 is 0 Å². The van der Waals surface area contributed by atoms with Gasteiger partial charge in [0.2, 0.25) is 0 Å². The van der Waals surface area contributed by atoms with Gasteiger partial charge in [-0.25, -0.2) is 15.0 Å². The molecule has 0 spiro atoms. The molecule has 4 heteroatoms. The van der Waals surface area contributed by atoms with Gasteiger partial charge in [0.05, 0.1) is 27.3 Å². The average molecular weight is 762 g/mol. The Morgan fingerprint density at radius 2 is 1.19 bits per heavy atom. The van der Waals surface area contributed by atoms with Crippen molar-refractivity contribution in [1.29, 1.82) is 0 Å². The largest absolute Gasteiger partial charge is 0.246 e. The summed E-state index contributed by atoms with van der Waals surface area (Å²) in [5, 5.41) is 6.51. The Labute approximate surface area is 341 Å². The van der Waals surface area contributed by atoms with E-state index in [-0.39, 0.29) is 5.92 Å². The maximum absolute atomic E-state index is 5.45. The number of allylic oxidation sites excluding steroid dienone is 4. The van der Waals surface area contributed by atoms with Crippen LogP contribution in [0.5, 0.6) is 0 Å². The number of pyridine rings is 1. The van der Waals surface area contributed by atoms with Crippen molar-refractivity contribution in [3.05, 3.63) is 185 Å². The predicted octanol–water partition coefficient (Wildman–Crippen LogP) is 12.9. The number of nitrogens with zero attached hydrogens (tertiary/aromatic N) is 3. The van der Waals surface area contributed by atoms with E-state index in [4.69, 9.17) is 15.0 Å². The second kappa shape index (κ2) is 14.3. The molecule has 276 valence electrons. The van der Waals surface area contributed by atoms with Crippen LogP contribution in [-0.4, -0.2) is 15.0 Å². The Hall–Kier alpha value is -6.75. The van der Waals surface area contributed by atoms with Gasteiger partial charge in [-0.3, -0.25) is 0 Å². The minimum Gasteiger partial charge on any atom is -0.246 e. The van der Waals surface area contributed by atoms with Crippen LogP contribution >= 0.6 is 11.3 Å². The van der Waals surface area contributed by atoms with Crippen LogP contribution < -0.4 is 9.75 Å². The van der Waals surface area contributed by atoms with Gasteiger partial charge in [-0.15, -0.1) is 11.3 Å². The fraction of sp³-hybridized carbons (Fsp3) is 0.0926. The van der Waals surface area contributed by atoms with Crippen LogP contribution in [0.25, 0.3) is 100.0 Å². The summed E-state index contributed by atoms with van der Waals surface area (Å²) in [5.41, 5.74) is 13.4. The molecule has 58 heavy (non-hydrogen) atoms. The van der Waals surface area contributed by atoms with E-state index in [0.717, 1.165) is 69.9 Å². The number of benzene rings is 6. The average Bonchev–Trinajstić information content (AvgIpc) is 3.69. The van der Waals surface area contributed by atoms with Crippen LogP contribution in [0.3, 0.4) is 0 Å². The molecule has 3 nitrogen and oxygen atoms in total. The van der Waals surface area contributed by atoms with Gasteiger partial charge in [0, 0.05) is 32.0 Å². The smallest absolute Gasteiger partial charge is 0.156 e. The molecule has 2 aliphatic carbocycles. The van der Waals surface area contributed by atoms with Gasteiger partial charge in [-0.05, 0) is 87.2 Å². The third kappa shape index (κ3) is 6.09. The summed E-state index contributed by atoms with van der Waals surface area (Å²) in [6.07, 6.45) is 12.4. The summed E-state index contributed by atoms with van der Waals surface area (Å²) in [6, 6.07) is 54.0. The SMILES string of the molecule is CC1CC(c2nc(-c3ccccc3)cc(-c3ccc(-c4ccccc4)cc3)n2)=CC=C1c1cccc(-c2nc3ccc4ccccc4c3c3c4c(sc23)=CCCC=4)c1. The lowest BCUT2D eigenvalue weighted by molar-refractivity contribution is 0.765. The fourth-order valence-electron chi connectivity index (χ4n) is 8.87. The Bertz CT molecular complexity index is 3250. The fourth-order valence-corrected chi connectivity index (χ4v) is 10.2. The van der Waals surface area contributed by atoms with Gasteiger partial charge in [0.25, 0.3) is 0 Å². The van der Waals surface area contributed by atoms with Crippen LogP contribution in [-0.2, 0) is 0 Å². The molecule has 9 aromatic rings. The van der Waals surface area contributed by atoms with E-state index < -0.39 is 0 Å². The second-order valence-corrected chi connectivity index (χ2v) is 16.5. The molecule has 1 atom stereocenters. The standard InChI is InChI=1S/C54H39N3S/c1-34-31-42(54-56-47(38-16-6-3-7-17-38)33-48(57-54)39-25-23-36(24-26-39)35-13-4-2-5-14-35)27-29-43(34)40-18-12-19-41(32-40)52-53-51(45-21-10-11-22-49(45)58-53)50-44-20-9-8-15-37(44)28-30-46(50)55-52/h2-9,12-30,32-34H,10-11,31H2,1H3. The normalized spacial score (nSPS) is 15.1. The van der Waals surface area contributed by atoms with Gasteiger partial charge in [0.1, 0.15) is 0 Å². The van der Waals surface area contributed by atoms with Crippen LogP contribution in [0.2, 0.25) is 0 Å². The van der Waals surface area contributed by atoms with Gasteiger partial charge in [-0.2, -0.15) is 0 Å². The second-order valence-electron chi connectivity index (χ2n) is 15.5. The van der Waals surface area contributed by atoms with Gasteiger partial charge >= 0.3 is 0 Å². The molecule has 0 fully saturated rings. The number of rotatable bonds is 6. The highest BCUT2D eigenvalue weighted by molar-refractivity contribution is 7.17. The van der Waals surface area contributed by atoms with Crippen molar-refractivity contribution in [1.82, 2.24) is 15.0 Å². The molecule has 0 amide bonds. The number of hydrogen-bond acceptors (Lipinski definition) is 4. The summed E-state index contributed by atoms with van der Waals surface area (Å²) in [5.74, 6) is 1.05. The van der Waals surface area contributed by atoms with Crippen LogP contribution in [0.1, 0.15) is 37.6 Å². The zero-order valence-electron chi connectivity index (χ0n) is 32.2. The number of aromatic nitrogens is 3. The minimum atomic E-state index is 0.266. The van der Waals surface area contributed by atoms with Gasteiger partial charge in [-0.1, -0.05) is 165 Å². The Morgan fingerprint density at radius 3 is 1.98 bits per heavy atom. The van der Waals surface area contributed by atoms with E-state index in [1.165, 1.54) is 58.3 Å². The quantitative estimate of drug-likeness (QED) is 0.158. The van der Waals surface area contributed by atoms with Crippen molar-refractivity contribution >= 4 is 66.4 Å². The van der Waals surface area contributed by atoms with E-state index >= 15 is 0 Å². The molecule has 3 heterocycles. The lowest BCUT2D eigenvalue weighted by Gasteiger charge is -2.22. The zero-order valence-corrected chi connectivity index (χ0v) is 33.0. The van der Waals surface area contributed by atoms with Gasteiger partial charge in [0.15, 0.2) is 5.82 Å². The maximum atomic E-state index is 5.45. The third-order valence-electron chi connectivity index (χ3n) is 11.8. The van der Waals surface area contributed by atoms with E-state index in [1.54, 1.807) is 0 Å². The molecule has 0 saturated heterocycles. The first-order valence-corrected chi connectivity index (χ1v) is 21.0. The number of thiophene rings is 1. The minimum absolute atomic E-state index is 0.266. The molecule has 11 rings (SSSR count). The lowest BCUT2D eigenvalue weighted by Crippen LogP contribution is -2.20. The highest BCUT2D eigenvalue weighted by atomic mass is 32.1. The molecule has 0 aliphatic heterocycles. The first kappa shape index (κ1) is 34.5. The molecule has 0 bridgehead atoms. The molecule has 6 aromatic carbocycles. The van der Waals surface area contributed by atoms with E-state index in [0.29, 0.717) is 0 Å². The predicted molar refractivity (Wildman–Crippen MR) is 246 cm³/mol. The molecule has 0 radical (unpaired) electrons. The summed E-state index contributed by atoms with van der Waals surface area (Å²) in [6.45, 7) is 2.33. The lowest BCUT2D eigenvalue weighted by atomic mass is 9.83. The number of fused-ring (bicyclic) bond motifs is 7. The summed E-state index contributed by atoms with van der Waals surface area (Å²) in [7, 11) is 0. The monoisotopic (exact) mass is 761 g/mol. The first-order chi connectivity index (χ1) is 28.6. The number of hydrogen-bond donors (Lipinski definition) is 0.